The number of benzene rings is 2. The van der Waals surface area contributed by atoms with Gasteiger partial charge in [-0.25, -0.2) is 0 Å². The zero-order chi connectivity index (χ0) is 25.1. The fourth-order valence-electron chi connectivity index (χ4n) is 6.29. The van der Waals surface area contributed by atoms with E-state index in [2.05, 4.69) is 42.7 Å². The predicted molar refractivity (Wildman–Crippen MR) is 145 cm³/mol. The summed E-state index contributed by atoms with van der Waals surface area (Å²) in [7, 11) is 0. The minimum Gasteiger partial charge on any atom is -0.506 e. The Hall–Kier alpha value is -2.54. The monoisotopic (exact) mass is 492 g/mol. The summed E-state index contributed by atoms with van der Waals surface area (Å²) >= 11 is 0. The van der Waals surface area contributed by atoms with Crippen molar-refractivity contribution < 1.29 is 19.4 Å². The number of phenols is 1. The Morgan fingerprint density at radius 3 is 2.67 bits per heavy atom. The SMILES string of the molecule is Cc1cc(C(C)NCCc2ccc(O)c3c2C=CC(O)N3)ccc1OCCC[N+]12CCC(CC1)CC2. The molecule has 0 spiro atoms. The standard InChI is InChI=1S/C30H41N3O3/c1-21-20-25(5-8-28(21)36-19-3-15-33-16-11-23(12-17-33)13-18-33)22(2)31-14-10-24-4-7-27(34)30-26(24)6-9-29(35)32-30/h4-9,20,22-23,29,31-32,35H,3,10-19H2,1-2H3/p+1. The number of fused-ring (bicyclic) bond motifs is 4. The van der Waals surface area contributed by atoms with Crippen LogP contribution in [0.2, 0.25) is 0 Å². The quantitative estimate of drug-likeness (QED) is 0.219. The van der Waals surface area contributed by atoms with Gasteiger partial charge in [-0.15, -0.1) is 0 Å². The predicted octanol–water partition coefficient (Wildman–Crippen LogP) is 4.75. The van der Waals surface area contributed by atoms with Gasteiger partial charge in [-0.05, 0) is 86.9 Å². The molecule has 2 aromatic rings. The van der Waals surface area contributed by atoms with Gasteiger partial charge in [0.15, 0.2) is 0 Å². The lowest BCUT2D eigenvalue weighted by Crippen LogP contribution is -2.58. The average Bonchev–Trinajstić information content (AvgIpc) is 2.90. The normalized spacial score (nSPS) is 25.3. The van der Waals surface area contributed by atoms with Crippen molar-refractivity contribution >= 4 is 11.8 Å². The second-order valence-corrected chi connectivity index (χ2v) is 11.1. The van der Waals surface area contributed by atoms with Gasteiger partial charge in [-0.2, -0.15) is 0 Å². The molecule has 4 aliphatic rings. The minimum absolute atomic E-state index is 0.163. The Kier molecular flexibility index (Phi) is 7.56. The highest BCUT2D eigenvalue weighted by atomic mass is 16.5. The Morgan fingerprint density at radius 2 is 1.92 bits per heavy atom. The smallest absolute Gasteiger partial charge is 0.144 e. The molecule has 0 radical (unpaired) electrons. The van der Waals surface area contributed by atoms with Crippen LogP contribution in [-0.4, -0.2) is 60.3 Å². The van der Waals surface area contributed by atoms with E-state index in [1.807, 2.05) is 12.1 Å². The molecule has 6 heteroatoms. The molecule has 194 valence electrons. The van der Waals surface area contributed by atoms with Crippen LogP contribution in [0.25, 0.3) is 6.08 Å². The number of phenolic OH excluding ortho intramolecular Hbond substituents is 1. The van der Waals surface area contributed by atoms with Gasteiger partial charge < -0.3 is 30.1 Å². The van der Waals surface area contributed by atoms with Gasteiger partial charge in [0.1, 0.15) is 17.7 Å². The number of anilines is 1. The van der Waals surface area contributed by atoms with Crippen LogP contribution in [0.15, 0.2) is 36.4 Å². The number of nitrogens with one attached hydrogen (secondary N) is 2. The summed E-state index contributed by atoms with van der Waals surface area (Å²) in [6.45, 7) is 11.4. The van der Waals surface area contributed by atoms with Crippen LogP contribution in [0.1, 0.15) is 60.9 Å². The van der Waals surface area contributed by atoms with Crippen molar-refractivity contribution in [1.29, 1.82) is 0 Å². The van der Waals surface area contributed by atoms with Crippen LogP contribution >= 0.6 is 0 Å². The van der Waals surface area contributed by atoms with E-state index in [0.717, 1.165) is 48.8 Å². The number of piperidine rings is 3. The number of nitrogens with zero attached hydrogens (tertiary/aromatic N) is 1. The maximum atomic E-state index is 10.1. The molecule has 4 aliphatic heterocycles. The maximum absolute atomic E-state index is 10.1. The highest BCUT2D eigenvalue weighted by Crippen LogP contribution is 2.35. The molecule has 0 saturated carbocycles. The number of hydrogen-bond acceptors (Lipinski definition) is 5. The molecule has 2 unspecified atom stereocenters. The first-order valence-electron chi connectivity index (χ1n) is 13.7. The first kappa shape index (κ1) is 25.1. The van der Waals surface area contributed by atoms with E-state index < -0.39 is 6.23 Å². The van der Waals surface area contributed by atoms with Crippen LogP contribution in [0, 0.1) is 12.8 Å². The number of quaternary nitrogens is 1. The third-order valence-electron chi connectivity index (χ3n) is 8.66. The molecule has 4 N–H and O–H groups in total. The number of ether oxygens (including phenoxy) is 1. The summed E-state index contributed by atoms with van der Waals surface area (Å²) in [6.07, 6.45) is 9.08. The highest BCUT2D eigenvalue weighted by Gasteiger charge is 2.39. The summed E-state index contributed by atoms with van der Waals surface area (Å²) in [6, 6.07) is 10.4. The molecule has 6 nitrogen and oxygen atoms in total. The number of hydrogen-bond donors (Lipinski definition) is 4. The molecule has 2 aromatic carbocycles. The van der Waals surface area contributed by atoms with E-state index in [0.29, 0.717) is 5.69 Å². The maximum Gasteiger partial charge on any atom is 0.144 e. The van der Waals surface area contributed by atoms with Crippen molar-refractivity contribution in [1.82, 2.24) is 5.32 Å². The zero-order valence-corrected chi connectivity index (χ0v) is 21.8. The van der Waals surface area contributed by atoms with Crippen molar-refractivity contribution in [2.24, 2.45) is 5.92 Å². The molecule has 4 heterocycles. The van der Waals surface area contributed by atoms with Crippen LogP contribution in [0.5, 0.6) is 11.5 Å². The van der Waals surface area contributed by atoms with Gasteiger partial charge in [0.25, 0.3) is 0 Å². The fraction of sp³-hybridized carbons (Fsp3) is 0.533. The Morgan fingerprint density at radius 1 is 1.14 bits per heavy atom. The van der Waals surface area contributed by atoms with E-state index in [9.17, 15) is 10.2 Å². The second kappa shape index (κ2) is 10.8. The first-order chi connectivity index (χ1) is 17.4. The summed E-state index contributed by atoms with van der Waals surface area (Å²) in [5.74, 6) is 2.18. The number of rotatable bonds is 10. The molecule has 0 aliphatic carbocycles. The molecule has 6 rings (SSSR count). The van der Waals surface area contributed by atoms with Crippen LogP contribution < -0.4 is 15.4 Å². The van der Waals surface area contributed by atoms with Gasteiger partial charge in [0, 0.05) is 18.0 Å². The molecule has 3 fully saturated rings. The lowest BCUT2D eigenvalue weighted by Gasteiger charge is -2.49. The van der Waals surface area contributed by atoms with E-state index >= 15 is 0 Å². The molecule has 36 heavy (non-hydrogen) atoms. The Bertz CT molecular complexity index is 1080. The molecule has 0 aromatic heterocycles. The molecular weight excluding hydrogens is 450 g/mol. The van der Waals surface area contributed by atoms with E-state index in [4.69, 9.17) is 4.74 Å². The van der Waals surface area contributed by atoms with Gasteiger partial charge in [-0.3, -0.25) is 0 Å². The fourth-order valence-corrected chi connectivity index (χ4v) is 6.29. The van der Waals surface area contributed by atoms with Crippen LogP contribution in [0.3, 0.4) is 0 Å². The summed E-state index contributed by atoms with van der Waals surface area (Å²) in [5.41, 5.74) is 5.13. The number of aliphatic hydroxyl groups excluding tert-OH is 1. The third kappa shape index (κ3) is 5.56. The zero-order valence-electron chi connectivity index (χ0n) is 21.8. The molecule has 2 atom stereocenters. The molecule has 3 saturated heterocycles. The van der Waals surface area contributed by atoms with E-state index in [1.165, 1.54) is 61.1 Å². The minimum atomic E-state index is -0.766. The van der Waals surface area contributed by atoms with Crippen LogP contribution in [-0.2, 0) is 6.42 Å². The van der Waals surface area contributed by atoms with Crippen LogP contribution in [0.4, 0.5) is 5.69 Å². The summed E-state index contributed by atoms with van der Waals surface area (Å²) in [5, 5.41) is 26.5. The molecular formula is C30H42N3O3+. The van der Waals surface area contributed by atoms with Gasteiger partial charge in [0.05, 0.1) is 38.5 Å². The van der Waals surface area contributed by atoms with E-state index in [1.54, 1.807) is 12.1 Å². The lowest BCUT2D eigenvalue weighted by atomic mass is 9.85. The second-order valence-electron chi connectivity index (χ2n) is 11.1. The van der Waals surface area contributed by atoms with Crippen molar-refractivity contribution in [3.63, 3.8) is 0 Å². The van der Waals surface area contributed by atoms with Gasteiger partial charge >= 0.3 is 0 Å². The van der Waals surface area contributed by atoms with Crippen molar-refractivity contribution in [2.45, 2.75) is 58.2 Å². The highest BCUT2D eigenvalue weighted by molar-refractivity contribution is 5.78. The lowest BCUT2D eigenvalue weighted by molar-refractivity contribution is -0.942. The Balaban J connectivity index is 1.09. The summed E-state index contributed by atoms with van der Waals surface area (Å²) in [4.78, 5) is 0. The average molecular weight is 493 g/mol. The van der Waals surface area contributed by atoms with Crippen molar-refractivity contribution in [3.05, 3.63) is 58.7 Å². The first-order valence-corrected chi connectivity index (χ1v) is 13.7. The van der Waals surface area contributed by atoms with Crippen molar-refractivity contribution in [2.75, 3.05) is 44.6 Å². The topological polar surface area (TPSA) is 73.8 Å². The van der Waals surface area contributed by atoms with Gasteiger partial charge in [0.2, 0.25) is 0 Å². The van der Waals surface area contributed by atoms with E-state index in [-0.39, 0.29) is 11.8 Å². The summed E-state index contributed by atoms with van der Waals surface area (Å²) < 4.78 is 7.53. The largest absolute Gasteiger partial charge is 0.506 e. The molecule has 0 amide bonds. The third-order valence-corrected chi connectivity index (χ3v) is 8.66. The number of aromatic hydroxyl groups is 1. The Labute approximate surface area is 215 Å². The van der Waals surface area contributed by atoms with Gasteiger partial charge in [-0.1, -0.05) is 24.3 Å². The van der Waals surface area contributed by atoms with Crippen molar-refractivity contribution in [3.8, 4) is 11.5 Å². The number of aryl methyl sites for hydroxylation is 1. The molecule has 2 bridgehead atoms. The number of aliphatic hydroxyl groups is 1.